The molecule has 0 spiro atoms. The fraction of sp³-hybridized carbons (Fsp3) is 0.300. The second kappa shape index (κ2) is 5.21. The van der Waals surface area contributed by atoms with Crippen LogP contribution in [0.25, 0.3) is 11.5 Å². The number of rotatable bonds is 3. The Bertz CT molecular complexity index is 527. The Hall–Kier alpha value is -2.51. The summed E-state index contributed by atoms with van der Waals surface area (Å²) in [5, 5.41) is 13.8. The summed E-state index contributed by atoms with van der Waals surface area (Å²) in [5.41, 5.74) is 0.498. The average Bonchev–Trinajstić information content (AvgIpc) is 2.89. The highest BCUT2D eigenvalue weighted by Crippen LogP contribution is 2.15. The van der Waals surface area contributed by atoms with E-state index in [9.17, 15) is 4.79 Å². The molecule has 2 aromatic heterocycles. The quantitative estimate of drug-likeness (QED) is 0.863. The first-order valence-electron chi connectivity index (χ1n) is 5.17. The van der Waals surface area contributed by atoms with Crippen LogP contribution in [0.3, 0.4) is 0 Å². The van der Waals surface area contributed by atoms with Crippen molar-refractivity contribution in [1.82, 2.24) is 25.7 Å². The zero-order valence-electron chi connectivity index (χ0n) is 9.82. The maximum atomic E-state index is 11.0. The van der Waals surface area contributed by atoms with Crippen LogP contribution < -0.4 is 5.32 Å². The lowest BCUT2D eigenvalue weighted by molar-refractivity contribution is 0.165. The Kier molecular flexibility index (Phi) is 3.46. The molecule has 1 atom stereocenters. The lowest BCUT2D eigenvalue weighted by atomic mass is 10.3. The third-order valence-corrected chi connectivity index (χ3v) is 2.13. The summed E-state index contributed by atoms with van der Waals surface area (Å²) < 4.78 is 9.50. The summed E-state index contributed by atoms with van der Waals surface area (Å²) >= 11 is 0. The van der Waals surface area contributed by atoms with E-state index in [0.717, 1.165) is 0 Å². The zero-order valence-corrected chi connectivity index (χ0v) is 9.82. The number of methoxy groups -OCH3 is 1. The van der Waals surface area contributed by atoms with Crippen LogP contribution in [0.2, 0.25) is 0 Å². The van der Waals surface area contributed by atoms with Crippen LogP contribution in [-0.4, -0.2) is 33.5 Å². The number of hydrogen-bond donors (Lipinski definition) is 1. The number of nitrogens with zero attached hydrogens (tertiary/aromatic N) is 4. The van der Waals surface area contributed by atoms with Crippen LogP contribution in [0.1, 0.15) is 18.9 Å². The Labute approximate surface area is 102 Å². The number of ether oxygens (including phenoxy) is 1. The topological polar surface area (TPSA) is 103 Å². The molecule has 8 heteroatoms. The number of alkyl carbamates (subject to hydrolysis) is 1. The first-order valence-corrected chi connectivity index (χ1v) is 5.17. The minimum absolute atomic E-state index is 0.265. The largest absolute Gasteiger partial charge is 0.453 e. The number of carbonyl (C=O) groups excluding carboxylic acids is 1. The Morgan fingerprint density at radius 3 is 3.06 bits per heavy atom. The van der Waals surface area contributed by atoms with Crippen LogP contribution in [-0.2, 0) is 4.74 Å². The molecule has 18 heavy (non-hydrogen) atoms. The predicted molar refractivity (Wildman–Crippen MR) is 59.3 cm³/mol. The van der Waals surface area contributed by atoms with Crippen molar-refractivity contribution in [3.63, 3.8) is 0 Å². The molecule has 0 fully saturated rings. The Morgan fingerprint density at radius 1 is 1.56 bits per heavy atom. The molecule has 0 saturated heterocycles. The lowest BCUT2D eigenvalue weighted by Gasteiger charge is -2.07. The van der Waals surface area contributed by atoms with E-state index in [2.05, 4.69) is 30.4 Å². The third kappa shape index (κ3) is 2.59. The molecule has 0 unspecified atom stereocenters. The number of hydrogen-bond acceptors (Lipinski definition) is 7. The van der Waals surface area contributed by atoms with Crippen LogP contribution >= 0.6 is 0 Å². The van der Waals surface area contributed by atoms with Crippen molar-refractivity contribution in [3.05, 3.63) is 24.2 Å². The number of nitrogens with one attached hydrogen (secondary N) is 1. The van der Waals surface area contributed by atoms with E-state index < -0.39 is 12.1 Å². The normalized spacial score (nSPS) is 11.9. The van der Waals surface area contributed by atoms with Gasteiger partial charge in [0.15, 0.2) is 0 Å². The first kappa shape index (κ1) is 12.0. The summed E-state index contributed by atoms with van der Waals surface area (Å²) in [6.45, 7) is 1.70. The van der Waals surface area contributed by atoms with Crippen LogP contribution in [0.15, 0.2) is 22.9 Å². The minimum Gasteiger partial charge on any atom is -0.453 e. The molecule has 1 N–H and O–H groups in total. The molecule has 0 bridgehead atoms. The van der Waals surface area contributed by atoms with Gasteiger partial charge in [-0.05, 0) is 19.1 Å². The van der Waals surface area contributed by atoms with Gasteiger partial charge in [-0.1, -0.05) is 5.16 Å². The second-order valence-corrected chi connectivity index (χ2v) is 3.42. The molecule has 1 amide bonds. The summed E-state index contributed by atoms with van der Waals surface area (Å²) in [6.07, 6.45) is 0.980. The summed E-state index contributed by atoms with van der Waals surface area (Å²) in [5.74, 6) is 0.581. The first-order chi connectivity index (χ1) is 8.70. The molecule has 2 heterocycles. The van der Waals surface area contributed by atoms with Crippen LogP contribution in [0.5, 0.6) is 0 Å². The van der Waals surface area contributed by atoms with Gasteiger partial charge < -0.3 is 14.6 Å². The van der Waals surface area contributed by atoms with E-state index in [1.54, 1.807) is 25.3 Å². The van der Waals surface area contributed by atoms with Gasteiger partial charge in [0, 0.05) is 6.20 Å². The van der Waals surface area contributed by atoms with Crippen molar-refractivity contribution in [2.24, 2.45) is 0 Å². The molecular weight excluding hydrogens is 238 g/mol. The van der Waals surface area contributed by atoms with Crippen molar-refractivity contribution in [2.75, 3.05) is 7.11 Å². The van der Waals surface area contributed by atoms with Crippen molar-refractivity contribution < 1.29 is 14.1 Å². The van der Waals surface area contributed by atoms with Gasteiger partial charge >= 0.3 is 6.09 Å². The molecule has 94 valence electrons. The Morgan fingerprint density at radius 2 is 2.39 bits per heavy atom. The minimum atomic E-state index is -0.568. The number of carbonyl (C=O) groups is 1. The third-order valence-electron chi connectivity index (χ3n) is 2.13. The fourth-order valence-corrected chi connectivity index (χ4v) is 1.23. The van der Waals surface area contributed by atoms with E-state index >= 15 is 0 Å². The zero-order chi connectivity index (χ0) is 13.0. The molecule has 2 aromatic rings. The summed E-state index contributed by atoms with van der Waals surface area (Å²) in [4.78, 5) is 15.1. The SMILES string of the molecule is COC(=O)N[C@H](C)c1nc(-c2cccnn2)no1. The maximum Gasteiger partial charge on any atom is 0.407 e. The highest BCUT2D eigenvalue weighted by Gasteiger charge is 2.17. The summed E-state index contributed by atoms with van der Waals surface area (Å²) in [6, 6.07) is 2.98. The van der Waals surface area contributed by atoms with Crippen molar-refractivity contribution in [1.29, 1.82) is 0 Å². The van der Waals surface area contributed by atoms with Gasteiger partial charge in [-0.15, -0.1) is 5.10 Å². The smallest absolute Gasteiger partial charge is 0.407 e. The average molecular weight is 249 g/mol. The molecular formula is C10H11N5O3. The number of amides is 1. The van der Waals surface area contributed by atoms with Crippen molar-refractivity contribution in [3.8, 4) is 11.5 Å². The lowest BCUT2D eigenvalue weighted by Crippen LogP contribution is -2.26. The summed E-state index contributed by atoms with van der Waals surface area (Å²) in [7, 11) is 1.28. The highest BCUT2D eigenvalue weighted by molar-refractivity contribution is 5.67. The van der Waals surface area contributed by atoms with Crippen molar-refractivity contribution >= 4 is 6.09 Å². The van der Waals surface area contributed by atoms with Gasteiger partial charge in [0.2, 0.25) is 11.7 Å². The standard InChI is InChI=1S/C10H11N5O3/c1-6(12-10(16)17-2)9-13-8(15-18-9)7-4-3-5-11-14-7/h3-6H,1-2H3,(H,12,16)/t6-/m1/s1. The van der Waals surface area contributed by atoms with E-state index in [4.69, 9.17) is 4.52 Å². The number of aromatic nitrogens is 4. The molecule has 0 aromatic carbocycles. The van der Waals surface area contributed by atoms with Crippen molar-refractivity contribution in [2.45, 2.75) is 13.0 Å². The fourth-order valence-electron chi connectivity index (χ4n) is 1.23. The molecule has 2 rings (SSSR count). The molecule has 0 aliphatic heterocycles. The van der Waals surface area contributed by atoms with Gasteiger partial charge in [-0.3, -0.25) is 0 Å². The van der Waals surface area contributed by atoms with E-state index in [1.165, 1.54) is 7.11 Å². The molecule has 0 saturated carbocycles. The van der Waals surface area contributed by atoms with E-state index in [1.807, 2.05) is 0 Å². The van der Waals surface area contributed by atoms with Gasteiger partial charge in [0.05, 0.1) is 7.11 Å². The molecule has 0 radical (unpaired) electrons. The van der Waals surface area contributed by atoms with Gasteiger partial charge in [0.25, 0.3) is 0 Å². The highest BCUT2D eigenvalue weighted by atomic mass is 16.5. The van der Waals surface area contributed by atoms with Crippen LogP contribution in [0.4, 0.5) is 4.79 Å². The Balaban J connectivity index is 2.13. The molecule has 8 nitrogen and oxygen atoms in total. The van der Waals surface area contributed by atoms with Crippen LogP contribution in [0, 0.1) is 0 Å². The van der Waals surface area contributed by atoms with E-state index in [0.29, 0.717) is 11.5 Å². The van der Waals surface area contributed by atoms with E-state index in [-0.39, 0.29) is 5.89 Å². The predicted octanol–water partition coefficient (Wildman–Crippen LogP) is 0.944. The second-order valence-electron chi connectivity index (χ2n) is 3.42. The van der Waals surface area contributed by atoms with Gasteiger partial charge in [0.1, 0.15) is 11.7 Å². The molecule has 0 aliphatic rings. The monoisotopic (exact) mass is 249 g/mol. The molecule has 0 aliphatic carbocycles. The van der Waals surface area contributed by atoms with Gasteiger partial charge in [-0.2, -0.15) is 10.1 Å². The van der Waals surface area contributed by atoms with Gasteiger partial charge in [-0.25, -0.2) is 4.79 Å². The maximum absolute atomic E-state index is 11.0.